The van der Waals surface area contributed by atoms with Crippen molar-refractivity contribution in [1.82, 2.24) is 24.4 Å². The summed E-state index contributed by atoms with van der Waals surface area (Å²) in [6.07, 6.45) is 1.69. The molecular weight excluding hydrogens is 462 g/mol. The number of carbonyl (C=O) groups is 1. The molecule has 0 saturated heterocycles. The number of rotatable bonds is 6. The van der Waals surface area contributed by atoms with Crippen molar-refractivity contribution < 1.29 is 13.6 Å². The molecule has 0 unspecified atom stereocenters. The normalized spacial score (nSPS) is 11.3. The van der Waals surface area contributed by atoms with Crippen molar-refractivity contribution in [3.8, 4) is 11.3 Å². The maximum Gasteiger partial charge on any atom is 0.280 e. The monoisotopic (exact) mass is 478 g/mol. The zero-order valence-corrected chi connectivity index (χ0v) is 18.3. The van der Waals surface area contributed by atoms with Crippen LogP contribution in [0.4, 0.5) is 14.5 Å². The van der Waals surface area contributed by atoms with E-state index in [9.17, 15) is 13.6 Å². The van der Waals surface area contributed by atoms with Gasteiger partial charge in [0, 0.05) is 17.4 Å². The van der Waals surface area contributed by atoms with E-state index in [1.54, 1.807) is 59.5 Å². The molecule has 0 spiro atoms. The Morgan fingerprint density at radius 1 is 1.03 bits per heavy atom. The van der Waals surface area contributed by atoms with Crippen LogP contribution in [0.1, 0.15) is 28.0 Å². The second-order valence-electron chi connectivity index (χ2n) is 7.54. The Kier molecular flexibility index (Phi) is 5.77. The van der Waals surface area contributed by atoms with Crippen molar-refractivity contribution in [3.05, 3.63) is 101 Å². The van der Waals surface area contributed by atoms with Crippen LogP contribution in [0, 0.1) is 0 Å². The first-order valence-corrected chi connectivity index (χ1v) is 10.7. The van der Waals surface area contributed by atoms with E-state index >= 15 is 0 Å². The standard InChI is InChI=1S/C24H17ClF2N6O/c25-17-11-28-32(14-17)13-15-5-4-8-18(9-15)30-24(34)19-12-29-33-21(22(26)27)10-20(31-23(19)33)16-6-2-1-3-7-16/h1-12,14,22H,13H2,(H,30,34). The molecule has 7 nitrogen and oxygen atoms in total. The van der Waals surface area contributed by atoms with Gasteiger partial charge in [0.2, 0.25) is 0 Å². The minimum Gasteiger partial charge on any atom is -0.322 e. The van der Waals surface area contributed by atoms with Crippen LogP contribution < -0.4 is 5.32 Å². The Morgan fingerprint density at radius 2 is 1.85 bits per heavy atom. The number of fused-ring (bicyclic) bond motifs is 1. The van der Waals surface area contributed by atoms with Crippen molar-refractivity contribution >= 4 is 28.8 Å². The first-order chi connectivity index (χ1) is 16.5. The van der Waals surface area contributed by atoms with E-state index < -0.39 is 12.3 Å². The lowest BCUT2D eigenvalue weighted by molar-refractivity contribution is 0.102. The maximum atomic E-state index is 13.8. The number of benzene rings is 2. The number of nitrogens with one attached hydrogen (secondary N) is 1. The van der Waals surface area contributed by atoms with Gasteiger partial charge in [0.25, 0.3) is 12.3 Å². The quantitative estimate of drug-likeness (QED) is 0.350. The van der Waals surface area contributed by atoms with E-state index in [-0.39, 0.29) is 16.9 Å². The molecule has 10 heteroatoms. The van der Waals surface area contributed by atoms with E-state index in [0.717, 1.165) is 10.1 Å². The predicted octanol–water partition coefficient (Wildman–Crippen LogP) is 5.48. The van der Waals surface area contributed by atoms with Gasteiger partial charge in [-0.15, -0.1) is 0 Å². The molecular formula is C24H17ClF2N6O. The number of alkyl halides is 2. The first-order valence-electron chi connectivity index (χ1n) is 10.3. The number of nitrogens with zero attached hydrogens (tertiary/aromatic N) is 5. The van der Waals surface area contributed by atoms with Crippen LogP contribution >= 0.6 is 11.6 Å². The lowest BCUT2D eigenvalue weighted by Gasteiger charge is -2.09. The molecule has 0 aliphatic heterocycles. The van der Waals surface area contributed by atoms with Crippen molar-refractivity contribution in [1.29, 1.82) is 0 Å². The molecule has 0 atom stereocenters. The fraction of sp³-hybridized carbons (Fsp3) is 0.0833. The van der Waals surface area contributed by atoms with Crippen LogP contribution in [0.15, 0.2) is 79.3 Å². The number of carbonyl (C=O) groups excluding carboxylic acids is 1. The van der Waals surface area contributed by atoms with Gasteiger partial charge in [-0.1, -0.05) is 54.1 Å². The average molecular weight is 479 g/mol. The molecule has 3 heterocycles. The highest BCUT2D eigenvalue weighted by Gasteiger charge is 2.21. The molecule has 0 aliphatic carbocycles. The predicted molar refractivity (Wildman–Crippen MR) is 124 cm³/mol. The average Bonchev–Trinajstić information content (AvgIpc) is 3.45. The third kappa shape index (κ3) is 4.38. The molecule has 1 N–H and O–H groups in total. The van der Waals surface area contributed by atoms with Crippen LogP contribution in [-0.2, 0) is 6.54 Å². The highest BCUT2D eigenvalue weighted by molar-refractivity contribution is 6.30. The van der Waals surface area contributed by atoms with Crippen LogP contribution in [0.3, 0.4) is 0 Å². The van der Waals surface area contributed by atoms with Gasteiger partial charge in [0.15, 0.2) is 5.65 Å². The van der Waals surface area contributed by atoms with Crippen molar-refractivity contribution in [2.24, 2.45) is 0 Å². The molecule has 2 aromatic carbocycles. The highest BCUT2D eigenvalue weighted by Crippen LogP contribution is 2.27. The summed E-state index contributed by atoms with van der Waals surface area (Å²) >= 11 is 5.91. The number of aromatic nitrogens is 5. The summed E-state index contributed by atoms with van der Waals surface area (Å²) in [6, 6.07) is 17.4. The van der Waals surface area contributed by atoms with Crippen molar-refractivity contribution in [2.75, 3.05) is 5.32 Å². The molecule has 5 rings (SSSR count). The summed E-state index contributed by atoms with van der Waals surface area (Å²) in [5.41, 5.74) is 2.21. The summed E-state index contributed by atoms with van der Waals surface area (Å²) in [5, 5.41) is 11.5. The molecule has 0 fully saturated rings. The van der Waals surface area contributed by atoms with E-state index in [4.69, 9.17) is 11.6 Å². The number of hydrogen-bond donors (Lipinski definition) is 1. The molecule has 1 amide bonds. The van der Waals surface area contributed by atoms with E-state index in [2.05, 4.69) is 20.5 Å². The summed E-state index contributed by atoms with van der Waals surface area (Å²) in [6.45, 7) is 0.465. The van der Waals surface area contributed by atoms with Crippen molar-refractivity contribution in [3.63, 3.8) is 0 Å². The Labute approximate surface area is 197 Å². The molecule has 0 radical (unpaired) electrons. The summed E-state index contributed by atoms with van der Waals surface area (Å²) in [7, 11) is 0. The molecule has 170 valence electrons. The Morgan fingerprint density at radius 3 is 2.59 bits per heavy atom. The molecule has 5 aromatic rings. The van der Waals surface area contributed by atoms with Gasteiger partial charge >= 0.3 is 0 Å². The SMILES string of the molecule is O=C(Nc1cccc(Cn2cc(Cl)cn2)c1)c1cnn2c(C(F)F)cc(-c3ccccc3)nc12. The number of hydrogen-bond acceptors (Lipinski definition) is 4. The van der Waals surface area contributed by atoms with Gasteiger partial charge in [-0.3, -0.25) is 9.48 Å². The number of amides is 1. The second-order valence-corrected chi connectivity index (χ2v) is 7.97. The number of halogens is 3. The zero-order valence-electron chi connectivity index (χ0n) is 17.6. The summed E-state index contributed by atoms with van der Waals surface area (Å²) < 4.78 is 30.2. The van der Waals surface area contributed by atoms with Gasteiger partial charge in [0.1, 0.15) is 11.3 Å². The lowest BCUT2D eigenvalue weighted by atomic mass is 10.1. The molecule has 0 bridgehead atoms. The first kappa shape index (κ1) is 21.7. The number of anilines is 1. The highest BCUT2D eigenvalue weighted by atomic mass is 35.5. The smallest absolute Gasteiger partial charge is 0.280 e. The third-order valence-corrected chi connectivity index (χ3v) is 5.36. The fourth-order valence-corrected chi connectivity index (χ4v) is 3.77. The van der Waals surface area contributed by atoms with Crippen LogP contribution in [0.5, 0.6) is 0 Å². The van der Waals surface area contributed by atoms with Gasteiger partial charge in [0.05, 0.1) is 29.7 Å². The minimum absolute atomic E-state index is 0.0523. The van der Waals surface area contributed by atoms with E-state index in [1.807, 2.05) is 12.1 Å². The summed E-state index contributed by atoms with van der Waals surface area (Å²) in [5.74, 6) is -0.507. The second kappa shape index (κ2) is 9.03. The molecule has 3 aromatic heterocycles. The van der Waals surface area contributed by atoms with Gasteiger partial charge < -0.3 is 5.32 Å². The van der Waals surface area contributed by atoms with Crippen LogP contribution in [0.25, 0.3) is 16.9 Å². The Hall–Kier alpha value is -4.11. The third-order valence-electron chi connectivity index (χ3n) is 5.17. The maximum absolute atomic E-state index is 13.8. The minimum atomic E-state index is -2.80. The fourth-order valence-electron chi connectivity index (χ4n) is 3.62. The van der Waals surface area contributed by atoms with Crippen LogP contribution in [0.2, 0.25) is 5.02 Å². The molecule has 34 heavy (non-hydrogen) atoms. The Balaban J connectivity index is 1.47. The lowest BCUT2D eigenvalue weighted by Crippen LogP contribution is -2.13. The van der Waals surface area contributed by atoms with Gasteiger partial charge in [-0.05, 0) is 23.8 Å². The van der Waals surface area contributed by atoms with E-state index in [1.165, 1.54) is 12.3 Å². The summed E-state index contributed by atoms with van der Waals surface area (Å²) in [4.78, 5) is 17.5. The van der Waals surface area contributed by atoms with E-state index in [0.29, 0.717) is 28.5 Å². The Bertz CT molecular complexity index is 1480. The largest absolute Gasteiger partial charge is 0.322 e. The van der Waals surface area contributed by atoms with Gasteiger partial charge in [-0.25, -0.2) is 18.3 Å². The molecule has 0 saturated carbocycles. The topological polar surface area (TPSA) is 77.1 Å². The van der Waals surface area contributed by atoms with Crippen LogP contribution in [-0.4, -0.2) is 30.3 Å². The zero-order chi connectivity index (χ0) is 23.7. The van der Waals surface area contributed by atoms with Crippen molar-refractivity contribution in [2.45, 2.75) is 13.0 Å². The molecule has 0 aliphatic rings. The van der Waals surface area contributed by atoms with Gasteiger partial charge in [-0.2, -0.15) is 10.2 Å².